The Kier molecular flexibility index (Phi) is 6.20. The molecule has 0 aromatic rings. The fourth-order valence-electron chi connectivity index (χ4n) is 1.14. The first-order valence-electron chi connectivity index (χ1n) is 4.81. The minimum atomic E-state index is -0.705. The largest absolute Gasteiger partial charge is 0.481 e. The second-order valence-corrected chi connectivity index (χ2v) is 3.62. The molecule has 0 spiro atoms. The van der Waals surface area contributed by atoms with Crippen LogP contribution in [0.1, 0.15) is 46.0 Å². The topological polar surface area (TPSA) is 61.2 Å². The molecule has 76 valence electrons. The number of aliphatic carboxylic acids is 1. The summed E-state index contributed by atoms with van der Waals surface area (Å²) >= 11 is 0. The summed E-state index contributed by atoms with van der Waals surface area (Å²) in [5.41, 5.74) is 0.714. The molecule has 0 bridgehead atoms. The zero-order chi connectivity index (χ0) is 10.3. The average molecular weight is 185 g/mol. The number of carboxylic acids is 1. The van der Waals surface area contributed by atoms with E-state index in [1.807, 2.05) is 0 Å². The van der Waals surface area contributed by atoms with Crippen LogP contribution < -0.4 is 0 Å². The van der Waals surface area contributed by atoms with Crippen LogP contribution in [0.4, 0.5) is 0 Å². The minimum Gasteiger partial charge on any atom is -0.481 e. The van der Waals surface area contributed by atoms with Gasteiger partial charge in [-0.1, -0.05) is 19.8 Å². The molecule has 0 rings (SSSR count). The van der Waals surface area contributed by atoms with Gasteiger partial charge in [-0.05, 0) is 26.2 Å². The summed E-state index contributed by atoms with van der Waals surface area (Å²) < 4.78 is 0. The lowest BCUT2D eigenvalue weighted by Gasteiger charge is -2.04. The predicted molar refractivity (Wildman–Crippen MR) is 53.3 cm³/mol. The summed E-state index contributed by atoms with van der Waals surface area (Å²) in [7, 11) is 0. The quantitative estimate of drug-likeness (QED) is 0.473. The van der Waals surface area contributed by atoms with Crippen LogP contribution in [0.5, 0.6) is 0 Å². The van der Waals surface area contributed by atoms with E-state index in [-0.39, 0.29) is 5.92 Å². The molecule has 0 aliphatic heterocycles. The van der Waals surface area contributed by atoms with Crippen LogP contribution in [0.25, 0.3) is 0 Å². The second kappa shape index (κ2) is 6.63. The standard InChI is InChI=1S/C10H19NO2/c1-8(10(12)13)6-4-3-5-7-9(2)11/h8,11H,3-7H2,1-2H3,(H,12,13)/t8-/m0/s1. The Balaban J connectivity index is 3.26. The highest BCUT2D eigenvalue weighted by Gasteiger charge is 2.09. The van der Waals surface area contributed by atoms with Crippen molar-refractivity contribution in [1.29, 1.82) is 5.41 Å². The Morgan fingerprint density at radius 1 is 1.38 bits per heavy atom. The molecule has 0 heterocycles. The minimum absolute atomic E-state index is 0.221. The first kappa shape index (κ1) is 12.1. The molecule has 0 unspecified atom stereocenters. The maximum Gasteiger partial charge on any atom is 0.306 e. The Morgan fingerprint density at radius 3 is 2.46 bits per heavy atom. The molecule has 0 aromatic heterocycles. The van der Waals surface area contributed by atoms with Crippen molar-refractivity contribution in [2.45, 2.75) is 46.0 Å². The number of carboxylic acid groups (broad SMARTS) is 1. The van der Waals surface area contributed by atoms with Crippen molar-refractivity contribution in [2.75, 3.05) is 0 Å². The van der Waals surface area contributed by atoms with Crippen LogP contribution in [0.3, 0.4) is 0 Å². The van der Waals surface area contributed by atoms with Gasteiger partial charge in [-0.3, -0.25) is 4.79 Å². The van der Waals surface area contributed by atoms with Gasteiger partial charge in [0.1, 0.15) is 0 Å². The van der Waals surface area contributed by atoms with Crippen LogP contribution in [0, 0.1) is 11.3 Å². The first-order valence-corrected chi connectivity index (χ1v) is 4.81. The smallest absolute Gasteiger partial charge is 0.306 e. The van der Waals surface area contributed by atoms with Crippen molar-refractivity contribution >= 4 is 11.7 Å². The van der Waals surface area contributed by atoms with Crippen molar-refractivity contribution in [1.82, 2.24) is 0 Å². The maximum atomic E-state index is 10.4. The molecule has 0 saturated carbocycles. The molecule has 0 aromatic carbocycles. The van der Waals surface area contributed by atoms with Crippen molar-refractivity contribution in [3.05, 3.63) is 0 Å². The van der Waals surface area contributed by atoms with Crippen LogP contribution >= 0.6 is 0 Å². The monoisotopic (exact) mass is 185 g/mol. The SMILES string of the molecule is CC(=N)CCCCC[C@H](C)C(=O)O. The van der Waals surface area contributed by atoms with Crippen LogP contribution in [0.2, 0.25) is 0 Å². The second-order valence-electron chi connectivity index (χ2n) is 3.62. The highest BCUT2D eigenvalue weighted by molar-refractivity contribution is 5.78. The molecule has 0 aliphatic rings. The fourth-order valence-corrected chi connectivity index (χ4v) is 1.14. The van der Waals surface area contributed by atoms with Crippen molar-refractivity contribution in [3.8, 4) is 0 Å². The molecule has 1 atom stereocenters. The van der Waals surface area contributed by atoms with Gasteiger partial charge in [0, 0.05) is 5.71 Å². The summed E-state index contributed by atoms with van der Waals surface area (Å²) in [5.74, 6) is -0.927. The first-order chi connectivity index (χ1) is 6.04. The van der Waals surface area contributed by atoms with E-state index in [1.54, 1.807) is 13.8 Å². The lowest BCUT2D eigenvalue weighted by atomic mass is 10.0. The highest BCUT2D eigenvalue weighted by Crippen LogP contribution is 2.10. The van der Waals surface area contributed by atoms with Crippen molar-refractivity contribution < 1.29 is 9.90 Å². The summed E-state index contributed by atoms with van der Waals surface area (Å²) in [5, 5.41) is 15.8. The number of carbonyl (C=O) groups is 1. The van der Waals surface area contributed by atoms with Gasteiger partial charge in [-0.2, -0.15) is 0 Å². The van der Waals surface area contributed by atoms with Gasteiger partial charge >= 0.3 is 5.97 Å². The summed E-state index contributed by atoms with van der Waals surface area (Å²) in [6.07, 6.45) is 4.62. The van der Waals surface area contributed by atoms with E-state index in [1.165, 1.54) is 0 Å². The molecule has 2 N–H and O–H groups in total. The third kappa shape index (κ3) is 7.50. The molecule has 0 aliphatic carbocycles. The number of unbranched alkanes of at least 4 members (excludes halogenated alkanes) is 2. The van der Waals surface area contributed by atoms with Crippen molar-refractivity contribution in [2.24, 2.45) is 5.92 Å². The molecule has 0 radical (unpaired) electrons. The van der Waals surface area contributed by atoms with Crippen LogP contribution in [0.15, 0.2) is 0 Å². The number of rotatable bonds is 7. The fraction of sp³-hybridized carbons (Fsp3) is 0.800. The van der Waals surface area contributed by atoms with Gasteiger partial charge in [0.2, 0.25) is 0 Å². The number of nitrogens with one attached hydrogen (secondary N) is 1. The van der Waals surface area contributed by atoms with Crippen molar-refractivity contribution in [3.63, 3.8) is 0 Å². The van der Waals surface area contributed by atoms with Crippen LogP contribution in [-0.4, -0.2) is 16.8 Å². The van der Waals surface area contributed by atoms with Gasteiger partial charge in [-0.15, -0.1) is 0 Å². The van der Waals surface area contributed by atoms with Crippen LogP contribution in [-0.2, 0) is 4.79 Å². The predicted octanol–water partition coefficient (Wildman–Crippen LogP) is 2.70. The van der Waals surface area contributed by atoms with E-state index in [9.17, 15) is 4.79 Å². The molecule has 3 nitrogen and oxygen atoms in total. The summed E-state index contributed by atoms with van der Waals surface area (Å²) in [6.45, 7) is 3.55. The van der Waals surface area contributed by atoms with Gasteiger partial charge < -0.3 is 10.5 Å². The zero-order valence-electron chi connectivity index (χ0n) is 8.47. The number of hydrogen-bond donors (Lipinski definition) is 2. The van der Waals surface area contributed by atoms with Gasteiger partial charge in [0.25, 0.3) is 0 Å². The lowest BCUT2D eigenvalue weighted by Crippen LogP contribution is -2.08. The van der Waals surface area contributed by atoms with Gasteiger partial charge in [0.05, 0.1) is 5.92 Å². The molecule has 0 fully saturated rings. The zero-order valence-corrected chi connectivity index (χ0v) is 8.47. The molecule has 3 heteroatoms. The van der Waals surface area contributed by atoms with E-state index < -0.39 is 5.97 Å². The number of hydrogen-bond acceptors (Lipinski definition) is 2. The summed E-state index contributed by atoms with van der Waals surface area (Å²) in [4.78, 5) is 10.4. The Labute approximate surface area is 79.7 Å². The lowest BCUT2D eigenvalue weighted by molar-refractivity contribution is -0.141. The Morgan fingerprint density at radius 2 is 2.00 bits per heavy atom. The Hall–Kier alpha value is -0.860. The third-order valence-electron chi connectivity index (χ3n) is 2.11. The average Bonchev–Trinajstić information content (AvgIpc) is 2.02. The van der Waals surface area contributed by atoms with E-state index >= 15 is 0 Å². The van der Waals surface area contributed by atoms with Gasteiger partial charge in [-0.25, -0.2) is 0 Å². The normalized spacial score (nSPS) is 12.5. The maximum absolute atomic E-state index is 10.4. The highest BCUT2D eigenvalue weighted by atomic mass is 16.4. The summed E-state index contributed by atoms with van der Waals surface area (Å²) in [6, 6.07) is 0. The third-order valence-corrected chi connectivity index (χ3v) is 2.11. The van der Waals surface area contributed by atoms with E-state index in [0.29, 0.717) is 5.71 Å². The molecule has 13 heavy (non-hydrogen) atoms. The molecule has 0 saturated heterocycles. The Bertz CT molecular complexity index is 178. The molecule has 0 amide bonds. The van der Waals surface area contributed by atoms with E-state index in [4.69, 9.17) is 10.5 Å². The molecular weight excluding hydrogens is 166 g/mol. The van der Waals surface area contributed by atoms with Gasteiger partial charge in [0.15, 0.2) is 0 Å². The van der Waals surface area contributed by atoms with E-state index in [2.05, 4.69) is 0 Å². The molecular formula is C10H19NO2. The van der Waals surface area contributed by atoms with E-state index in [0.717, 1.165) is 32.1 Å².